The molecule has 0 aliphatic rings. The summed E-state index contributed by atoms with van der Waals surface area (Å²) in [7, 11) is 4.10. The molecular formula is C20H20F2N6O3S. The van der Waals surface area contributed by atoms with Gasteiger partial charge in [-0.1, -0.05) is 0 Å². The molecular weight excluding hydrogens is 442 g/mol. The van der Waals surface area contributed by atoms with E-state index in [2.05, 4.69) is 15.3 Å². The number of nitrogens with zero attached hydrogens (tertiary/aromatic N) is 4. The van der Waals surface area contributed by atoms with Crippen molar-refractivity contribution in [1.29, 1.82) is 0 Å². The van der Waals surface area contributed by atoms with Crippen molar-refractivity contribution in [2.75, 3.05) is 18.1 Å². The number of aromatic nitrogens is 3. The number of nitrogen functional groups attached to an aromatic ring is 1. The van der Waals surface area contributed by atoms with Crippen LogP contribution in [0.15, 0.2) is 32.1 Å². The van der Waals surface area contributed by atoms with Gasteiger partial charge in [-0.05, 0) is 19.1 Å². The molecule has 2 aromatic heterocycles. The van der Waals surface area contributed by atoms with Gasteiger partial charge < -0.3 is 11.1 Å². The van der Waals surface area contributed by atoms with Gasteiger partial charge in [0, 0.05) is 37.6 Å². The van der Waals surface area contributed by atoms with Crippen molar-refractivity contribution in [2.45, 2.75) is 13.3 Å². The lowest BCUT2D eigenvalue weighted by molar-refractivity contribution is -0.115. The number of aliphatic imine (C=N–C) groups is 1. The number of nitrogens with two attached hydrogens (primary N) is 1. The van der Waals surface area contributed by atoms with Gasteiger partial charge in [-0.2, -0.15) is 0 Å². The molecule has 12 heteroatoms. The van der Waals surface area contributed by atoms with Crippen LogP contribution in [0.2, 0.25) is 0 Å². The Labute approximate surface area is 184 Å². The Morgan fingerprint density at radius 3 is 2.44 bits per heavy atom. The van der Waals surface area contributed by atoms with Crippen LogP contribution in [0.5, 0.6) is 0 Å². The molecule has 3 N–H and O–H groups in total. The Morgan fingerprint density at radius 1 is 1.22 bits per heavy atom. The number of amides is 1. The second-order valence-electron chi connectivity index (χ2n) is 6.96. The Bertz CT molecular complexity index is 1350. The first-order chi connectivity index (χ1) is 15.0. The van der Waals surface area contributed by atoms with Gasteiger partial charge >= 0.3 is 5.69 Å². The molecule has 0 unspecified atom stereocenters. The van der Waals surface area contributed by atoms with Crippen LogP contribution < -0.4 is 22.3 Å². The number of benzene rings is 1. The van der Waals surface area contributed by atoms with Crippen molar-refractivity contribution in [3.05, 3.63) is 61.1 Å². The second-order valence-corrected chi connectivity index (χ2v) is 7.82. The molecule has 0 radical (unpaired) electrons. The molecule has 32 heavy (non-hydrogen) atoms. The van der Waals surface area contributed by atoms with E-state index >= 15 is 0 Å². The predicted octanol–water partition coefficient (Wildman–Crippen LogP) is 1.82. The van der Waals surface area contributed by atoms with Crippen molar-refractivity contribution >= 4 is 33.9 Å². The summed E-state index contributed by atoms with van der Waals surface area (Å²) in [6, 6.07) is 2.33. The molecule has 1 aromatic carbocycles. The Balaban J connectivity index is 1.83. The van der Waals surface area contributed by atoms with Crippen LogP contribution in [-0.2, 0) is 18.9 Å². The number of nitrogens with one attached hydrogen (secondary N) is 1. The molecule has 1 amide bonds. The molecule has 0 aliphatic heterocycles. The van der Waals surface area contributed by atoms with Crippen molar-refractivity contribution < 1.29 is 13.6 Å². The fraction of sp³-hybridized carbons (Fsp3) is 0.250. The van der Waals surface area contributed by atoms with E-state index in [1.54, 1.807) is 5.38 Å². The van der Waals surface area contributed by atoms with Gasteiger partial charge in [0.05, 0.1) is 17.8 Å². The van der Waals surface area contributed by atoms with Gasteiger partial charge in [0.25, 0.3) is 5.56 Å². The minimum atomic E-state index is -0.696. The van der Waals surface area contributed by atoms with E-state index in [4.69, 9.17) is 5.73 Å². The number of carbonyl (C=O) groups is 1. The molecule has 0 aliphatic carbocycles. The lowest BCUT2D eigenvalue weighted by atomic mass is 10.1. The zero-order valence-corrected chi connectivity index (χ0v) is 18.5. The molecule has 9 nitrogen and oxygen atoms in total. The van der Waals surface area contributed by atoms with Crippen LogP contribution in [0.25, 0.3) is 11.3 Å². The molecule has 0 bridgehead atoms. The topological polar surface area (TPSA) is 124 Å². The second kappa shape index (κ2) is 8.83. The highest BCUT2D eigenvalue weighted by Crippen LogP contribution is 2.27. The molecule has 0 fully saturated rings. The van der Waals surface area contributed by atoms with Crippen LogP contribution in [0.4, 0.5) is 19.7 Å². The number of rotatable bonds is 5. The first-order valence-electron chi connectivity index (χ1n) is 9.28. The average molecular weight is 462 g/mol. The van der Waals surface area contributed by atoms with Crippen LogP contribution in [-0.4, -0.2) is 32.8 Å². The lowest BCUT2D eigenvalue weighted by Crippen LogP contribution is -2.42. The van der Waals surface area contributed by atoms with E-state index in [0.717, 1.165) is 20.5 Å². The summed E-state index contributed by atoms with van der Waals surface area (Å²) in [4.78, 5) is 45.3. The first kappa shape index (κ1) is 23.0. The first-order valence-corrected chi connectivity index (χ1v) is 10.2. The van der Waals surface area contributed by atoms with E-state index in [-0.39, 0.29) is 39.8 Å². The Morgan fingerprint density at radius 2 is 1.84 bits per heavy atom. The molecule has 168 valence electrons. The monoisotopic (exact) mass is 462 g/mol. The summed E-state index contributed by atoms with van der Waals surface area (Å²) in [6.07, 6.45) is -0.309. The molecule has 3 rings (SSSR count). The summed E-state index contributed by atoms with van der Waals surface area (Å²) < 4.78 is 29.6. The summed E-state index contributed by atoms with van der Waals surface area (Å²) in [5, 5.41) is 4.32. The Hall–Kier alpha value is -3.67. The van der Waals surface area contributed by atoms with E-state index in [1.165, 1.54) is 40.2 Å². The van der Waals surface area contributed by atoms with Gasteiger partial charge in [0.1, 0.15) is 23.0 Å². The third kappa shape index (κ3) is 4.21. The molecule has 2 heterocycles. The molecule has 0 atom stereocenters. The minimum Gasteiger partial charge on any atom is -0.384 e. The normalized spacial score (nSPS) is 11.6. The summed E-state index contributed by atoms with van der Waals surface area (Å²) in [5.74, 6) is -2.04. The third-order valence-corrected chi connectivity index (χ3v) is 5.68. The van der Waals surface area contributed by atoms with E-state index in [0.29, 0.717) is 5.69 Å². The lowest BCUT2D eigenvalue weighted by Gasteiger charge is -2.13. The maximum Gasteiger partial charge on any atom is 0.332 e. The third-order valence-electron chi connectivity index (χ3n) is 4.92. The smallest absolute Gasteiger partial charge is 0.332 e. The van der Waals surface area contributed by atoms with Gasteiger partial charge in [0.15, 0.2) is 5.13 Å². The van der Waals surface area contributed by atoms with Crippen molar-refractivity contribution in [2.24, 2.45) is 19.1 Å². The van der Waals surface area contributed by atoms with Crippen LogP contribution in [0.3, 0.4) is 0 Å². The van der Waals surface area contributed by atoms with Gasteiger partial charge in [-0.3, -0.25) is 23.7 Å². The summed E-state index contributed by atoms with van der Waals surface area (Å²) in [5.41, 5.74) is 5.15. The zero-order chi connectivity index (χ0) is 23.7. The quantitative estimate of drug-likeness (QED) is 0.560. The van der Waals surface area contributed by atoms with Gasteiger partial charge in [-0.15, -0.1) is 11.3 Å². The molecule has 0 saturated heterocycles. The number of carbonyl (C=O) groups excluding carboxylic acids is 1. The highest BCUT2D eigenvalue weighted by molar-refractivity contribution is 7.14. The number of hydrogen-bond acceptors (Lipinski definition) is 7. The maximum atomic E-state index is 13.8. The summed E-state index contributed by atoms with van der Waals surface area (Å²) >= 11 is 1.07. The van der Waals surface area contributed by atoms with Crippen LogP contribution in [0, 0.1) is 18.6 Å². The standard InChI is InChI=1S/C20H20F2N6O3S/c1-9-11(21)5-10(6-12(9)22)14-8-32-19(25-14)26-15(29)7-13(24-2)16-17(23)27(3)20(31)28(4)18(16)30/h5-6,8H,7,23H2,1-4H3,(H,25,26,29). The SMILES string of the molecule is CN=C(CC(=O)Nc1nc(-c2cc(F)c(C)c(F)c2)cs1)c1c(N)n(C)c(=O)n(C)c1=O. The number of anilines is 2. The van der Waals surface area contributed by atoms with Crippen LogP contribution >= 0.6 is 11.3 Å². The van der Waals surface area contributed by atoms with E-state index in [1.807, 2.05) is 0 Å². The Kier molecular flexibility index (Phi) is 6.35. The van der Waals surface area contributed by atoms with Gasteiger partial charge in [0.2, 0.25) is 5.91 Å². The highest BCUT2D eigenvalue weighted by Gasteiger charge is 2.21. The number of thiazole rings is 1. The van der Waals surface area contributed by atoms with Gasteiger partial charge in [-0.25, -0.2) is 18.6 Å². The maximum absolute atomic E-state index is 13.8. The molecule has 0 spiro atoms. The van der Waals surface area contributed by atoms with Crippen molar-refractivity contribution in [3.8, 4) is 11.3 Å². The largest absolute Gasteiger partial charge is 0.384 e. The molecule has 3 aromatic rings. The molecule has 0 saturated carbocycles. The van der Waals surface area contributed by atoms with Crippen molar-refractivity contribution in [1.82, 2.24) is 14.1 Å². The van der Waals surface area contributed by atoms with E-state index in [9.17, 15) is 23.2 Å². The van der Waals surface area contributed by atoms with Crippen molar-refractivity contribution in [3.63, 3.8) is 0 Å². The average Bonchev–Trinajstić information content (AvgIpc) is 3.22. The number of hydrogen-bond donors (Lipinski definition) is 2. The van der Waals surface area contributed by atoms with E-state index < -0.39 is 28.8 Å². The van der Waals surface area contributed by atoms with Crippen LogP contribution in [0.1, 0.15) is 17.5 Å². The minimum absolute atomic E-state index is 0.0438. The predicted molar refractivity (Wildman–Crippen MR) is 119 cm³/mol. The highest BCUT2D eigenvalue weighted by atomic mass is 32.1. The summed E-state index contributed by atoms with van der Waals surface area (Å²) in [6.45, 7) is 1.33. The zero-order valence-electron chi connectivity index (χ0n) is 17.7. The fourth-order valence-electron chi connectivity index (χ4n) is 2.98. The number of halogens is 2. The fourth-order valence-corrected chi connectivity index (χ4v) is 3.72.